The summed E-state index contributed by atoms with van der Waals surface area (Å²) in [5.74, 6) is -0.244. The van der Waals surface area contributed by atoms with Gasteiger partial charge in [-0.2, -0.15) is 13.2 Å². The SMILES string of the molecule is O=C(COCC(F)(F)F)NC1CCC(CO)CC1. The Morgan fingerprint density at radius 1 is 1.28 bits per heavy atom. The lowest BCUT2D eigenvalue weighted by molar-refractivity contribution is -0.175. The van der Waals surface area contributed by atoms with Crippen LogP contribution in [0.15, 0.2) is 0 Å². The molecule has 18 heavy (non-hydrogen) atoms. The van der Waals surface area contributed by atoms with E-state index in [0.29, 0.717) is 0 Å². The lowest BCUT2D eigenvalue weighted by Gasteiger charge is -2.27. The minimum Gasteiger partial charge on any atom is -0.396 e. The predicted octanol–water partition coefficient (Wildman–Crippen LogP) is 1.23. The van der Waals surface area contributed by atoms with Gasteiger partial charge in [-0.3, -0.25) is 4.79 Å². The zero-order valence-electron chi connectivity index (χ0n) is 10.0. The van der Waals surface area contributed by atoms with Crippen molar-refractivity contribution < 1.29 is 27.8 Å². The van der Waals surface area contributed by atoms with Crippen molar-refractivity contribution in [2.45, 2.75) is 37.9 Å². The van der Waals surface area contributed by atoms with Crippen molar-refractivity contribution in [2.75, 3.05) is 19.8 Å². The van der Waals surface area contributed by atoms with Crippen molar-refractivity contribution in [1.29, 1.82) is 0 Å². The van der Waals surface area contributed by atoms with Crippen LogP contribution in [-0.2, 0) is 9.53 Å². The third kappa shape index (κ3) is 6.20. The highest BCUT2D eigenvalue weighted by Crippen LogP contribution is 2.23. The van der Waals surface area contributed by atoms with E-state index in [1.165, 1.54) is 0 Å². The van der Waals surface area contributed by atoms with E-state index in [1.54, 1.807) is 0 Å². The first-order valence-electron chi connectivity index (χ1n) is 5.95. The number of ether oxygens (including phenoxy) is 1. The Labute approximate surface area is 103 Å². The molecule has 0 aliphatic heterocycles. The minimum atomic E-state index is -4.40. The summed E-state index contributed by atoms with van der Waals surface area (Å²) >= 11 is 0. The lowest BCUT2D eigenvalue weighted by Crippen LogP contribution is -2.40. The molecule has 1 amide bonds. The largest absolute Gasteiger partial charge is 0.411 e. The molecule has 2 N–H and O–H groups in total. The molecule has 0 aromatic rings. The number of hydrogen-bond acceptors (Lipinski definition) is 3. The molecule has 0 spiro atoms. The van der Waals surface area contributed by atoms with Crippen molar-refractivity contribution in [3.63, 3.8) is 0 Å². The van der Waals surface area contributed by atoms with E-state index in [1.807, 2.05) is 0 Å². The van der Waals surface area contributed by atoms with Crippen LogP contribution in [0, 0.1) is 5.92 Å². The molecule has 1 fully saturated rings. The van der Waals surface area contributed by atoms with Gasteiger partial charge in [-0.25, -0.2) is 0 Å². The van der Waals surface area contributed by atoms with Gasteiger partial charge in [0.2, 0.25) is 5.91 Å². The monoisotopic (exact) mass is 269 g/mol. The van der Waals surface area contributed by atoms with E-state index in [9.17, 15) is 18.0 Å². The number of aliphatic hydroxyl groups is 1. The van der Waals surface area contributed by atoms with E-state index in [0.717, 1.165) is 25.7 Å². The van der Waals surface area contributed by atoms with E-state index < -0.39 is 25.3 Å². The summed E-state index contributed by atoms with van der Waals surface area (Å²) in [6.45, 7) is -1.83. The molecule has 0 aromatic carbocycles. The van der Waals surface area contributed by atoms with Crippen LogP contribution in [0.1, 0.15) is 25.7 Å². The molecule has 1 aliphatic rings. The van der Waals surface area contributed by atoms with Crippen LogP contribution in [0.4, 0.5) is 13.2 Å². The number of carbonyl (C=O) groups excluding carboxylic acids is 1. The van der Waals surface area contributed by atoms with Crippen molar-refractivity contribution >= 4 is 5.91 Å². The van der Waals surface area contributed by atoms with Crippen molar-refractivity contribution in [3.05, 3.63) is 0 Å². The molecule has 1 aliphatic carbocycles. The number of amides is 1. The number of hydrogen-bond donors (Lipinski definition) is 2. The van der Waals surface area contributed by atoms with Crippen LogP contribution in [0.25, 0.3) is 0 Å². The first-order chi connectivity index (χ1) is 8.40. The maximum Gasteiger partial charge on any atom is 0.411 e. The first-order valence-corrected chi connectivity index (χ1v) is 5.95. The van der Waals surface area contributed by atoms with Gasteiger partial charge in [-0.15, -0.1) is 0 Å². The summed E-state index contributed by atoms with van der Waals surface area (Å²) in [7, 11) is 0. The van der Waals surface area contributed by atoms with Crippen molar-refractivity contribution in [2.24, 2.45) is 5.92 Å². The molecule has 0 unspecified atom stereocenters. The predicted molar refractivity (Wildman–Crippen MR) is 57.8 cm³/mol. The highest BCUT2D eigenvalue weighted by atomic mass is 19.4. The Bertz CT molecular complexity index is 263. The van der Waals surface area contributed by atoms with Gasteiger partial charge in [0.25, 0.3) is 0 Å². The molecule has 1 rings (SSSR count). The standard InChI is InChI=1S/C11H18F3NO3/c12-11(13,14)7-18-6-10(17)15-9-3-1-8(5-16)2-4-9/h8-9,16H,1-7H2,(H,15,17). The maximum absolute atomic E-state index is 11.8. The first kappa shape index (κ1) is 15.2. The fourth-order valence-corrected chi connectivity index (χ4v) is 2.02. The molecular formula is C11H18F3NO3. The average molecular weight is 269 g/mol. The second kappa shape index (κ2) is 6.94. The number of nitrogens with one attached hydrogen (secondary N) is 1. The molecule has 1 saturated carbocycles. The Hall–Kier alpha value is -0.820. The van der Waals surface area contributed by atoms with Crippen LogP contribution in [0.5, 0.6) is 0 Å². The number of rotatable bonds is 5. The summed E-state index contributed by atoms with van der Waals surface area (Å²) in [6.07, 6.45) is -1.26. The smallest absolute Gasteiger partial charge is 0.396 e. The summed E-state index contributed by atoms with van der Waals surface area (Å²) in [5, 5.41) is 11.6. The highest BCUT2D eigenvalue weighted by Gasteiger charge is 2.28. The van der Waals surface area contributed by atoms with Gasteiger partial charge in [0.1, 0.15) is 13.2 Å². The summed E-state index contributed by atoms with van der Waals surface area (Å²) in [5.41, 5.74) is 0. The number of carbonyl (C=O) groups is 1. The van der Waals surface area contributed by atoms with Crippen LogP contribution < -0.4 is 5.32 Å². The van der Waals surface area contributed by atoms with Crippen LogP contribution >= 0.6 is 0 Å². The van der Waals surface area contributed by atoms with E-state index >= 15 is 0 Å². The Morgan fingerprint density at radius 3 is 2.39 bits per heavy atom. The van der Waals surface area contributed by atoms with Gasteiger partial charge in [0.05, 0.1) is 0 Å². The molecule has 0 radical (unpaired) electrons. The van der Waals surface area contributed by atoms with Gasteiger partial charge in [-0.05, 0) is 31.6 Å². The van der Waals surface area contributed by atoms with Gasteiger partial charge in [0.15, 0.2) is 0 Å². The quantitative estimate of drug-likeness (QED) is 0.789. The normalized spacial score (nSPS) is 24.9. The van der Waals surface area contributed by atoms with Crippen LogP contribution in [0.3, 0.4) is 0 Å². The topological polar surface area (TPSA) is 58.6 Å². The highest BCUT2D eigenvalue weighted by molar-refractivity contribution is 5.77. The molecule has 4 nitrogen and oxygen atoms in total. The van der Waals surface area contributed by atoms with E-state index in [2.05, 4.69) is 10.1 Å². The zero-order chi connectivity index (χ0) is 13.6. The van der Waals surface area contributed by atoms with Crippen LogP contribution in [-0.4, -0.2) is 43.1 Å². The van der Waals surface area contributed by atoms with Gasteiger partial charge < -0.3 is 15.2 Å². The Kier molecular flexibility index (Phi) is 5.87. The maximum atomic E-state index is 11.8. The van der Waals surface area contributed by atoms with Gasteiger partial charge >= 0.3 is 6.18 Å². The van der Waals surface area contributed by atoms with Gasteiger partial charge in [-0.1, -0.05) is 0 Å². The fraction of sp³-hybridized carbons (Fsp3) is 0.909. The summed E-state index contributed by atoms with van der Waals surface area (Å²) in [6, 6.07) is -0.0187. The molecule has 0 heterocycles. The number of alkyl halides is 3. The minimum absolute atomic E-state index is 0.0187. The number of aliphatic hydroxyl groups excluding tert-OH is 1. The van der Waals surface area contributed by atoms with E-state index in [-0.39, 0.29) is 18.6 Å². The average Bonchev–Trinajstić information content (AvgIpc) is 2.28. The molecule has 0 aromatic heterocycles. The number of halogens is 3. The van der Waals surface area contributed by atoms with Gasteiger partial charge in [0, 0.05) is 12.6 Å². The lowest BCUT2D eigenvalue weighted by atomic mass is 9.86. The molecule has 0 atom stereocenters. The molecule has 106 valence electrons. The zero-order valence-corrected chi connectivity index (χ0v) is 10.0. The second-order valence-electron chi connectivity index (χ2n) is 4.58. The molecular weight excluding hydrogens is 251 g/mol. The van der Waals surface area contributed by atoms with Crippen molar-refractivity contribution in [1.82, 2.24) is 5.32 Å². The fourth-order valence-electron chi connectivity index (χ4n) is 2.02. The van der Waals surface area contributed by atoms with Crippen LogP contribution in [0.2, 0.25) is 0 Å². The Balaban J connectivity index is 2.13. The third-order valence-electron chi connectivity index (χ3n) is 2.97. The van der Waals surface area contributed by atoms with E-state index in [4.69, 9.17) is 5.11 Å². The second-order valence-corrected chi connectivity index (χ2v) is 4.58. The molecule has 0 saturated heterocycles. The summed E-state index contributed by atoms with van der Waals surface area (Å²) in [4.78, 5) is 11.3. The molecule has 0 bridgehead atoms. The Morgan fingerprint density at radius 2 is 1.89 bits per heavy atom. The third-order valence-corrected chi connectivity index (χ3v) is 2.97. The molecule has 7 heteroatoms. The van der Waals surface area contributed by atoms with Crippen molar-refractivity contribution in [3.8, 4) is 0 Å². The summed E-state index contributed by atoms with van der Waals surface area (Å²) < 4.78 is 39.6.